The molecule has 1 aromatic carbocycles. The van der Waals surface area contributed by atoms with E-state index >= 15 is 0 Å². The van der Waals surface area contributed by atoms with E-state index in [1.165, 1.54) is 51.0 Å². The third kappa shape index (κ3) is 3.28. The Labute approximate surface area is 156 Å². The quantitative estimate of drug-likeness (QED) is 0.730. The van der Waals surface area contributed by atoms with Gasteiger partial charge in [0, 0.05) is 30.6 Å². The van der Waals surface area contributed by atoms with Crippen molar-refractivity contribution in [3.63, 3.8) is 0 Å². The lowest BCUT2D eigenvalue weighted by Crippen LogP contribution is -2.49. The molecular formula is C22H31FN2O. The molecule has 0 aromatic heterocycles. The highest BCUT2D eigenvalue weighted by Crippen LogP contribution is 2.47. The zero-order chi connectivity index (χ0) is 18.1. The topological polar surface area (TPSA) is 23.6 Å². The molecule has 142 valence electrons. The third-order valence-corrected chi connectivity index (χ3v) is 7.01. The molecule has 1 aromatic rings. The molecule has 0 N–H and O–H groups in total. The van der Waals surface area contributed by atoms with Crippen LogP contribution < -0.4 is 4.90 Å². The molecule has 2 heterocycles. The van der Waals surface area contributed by atoms with Crippen LogP contribution in [-0.2, 0) is 10.2 Å². The molecule has 0 bridgehead atoms. The molecule has 1 amide bonds. The molecule has 0 radical (unpaired) electrons. The number of piperidine rings is 1. The van der Waals surface area contributed by atoms with E-state index in [2.05, 4.69) is 4.90 Å². The van der Waals surface area contributed by atoms with Crippen LogP contribution in [0.5, 0.6) is 0 Å². The summed E-state index contributed by atoms with van der Waals surface area (Å²) < 4.78 is 14.0. The number of likely N-dealkylation sites (tertiary alicyclic amines) is 1. The SMILES string of the molecule is CC(=O)N1CC2(CCN(C3CCCCCCC3)CC2)c2cc(F)ccc21. The van der Waals surface area contributed by atoms with Crippen LogP contribution in [0.1, 0.15) is 70.3 Å². The molecule has 1 aliphatic carbocycles. The number of halogens is 1. The molecule has 1 saturated carbocycles. The maximum atomic E-state index is 14.0. The van der Waals surface area contributed by atoms with Gasteiger partial charge in [-0.25, -0.2) is 4.39 Å². The monoisotopic (exact) mass is 358 g/mol. The van der Waals surface area contributed by atoms with E-state index in [-0.39, 0.29) is 17.1 Å². The highest BCUT2D eigenvalue weighted by atomic mass is 19.1. The van der Waals surface area contributed by atoms with Gasteiger partial charge in [-0.05, 0) is 62.5 Å². The summed E-state index contributed by atoms with van der Waals surface area (Å²) in [6.45, 7) is 4.49. The van der Waals surface area contributed by atoms with Crippen molar-refractivity contribution in [2.24, 2.45) is 0 Å². The van der Waals surface area contributed by atoms with E-state index in [1.807, 2.05) is 4.90 Å². The predicted octanol–water partition coefficient (Wildman–Crippen LogP) is 4.64. The van der Waals surface area contributed by atoms with Crippen molar-refractivity contribution >= 4 is 11.6 Å². The minimum absolute atomic E-state index is 0.0543. The third-order valence-electron chi connectivity index (χ3n) is 7.01. The van der Waals surface area contributed by atoms with Crippen molar-refractivity contribution in [3.8, 4) is 0 Å². The Balaban J connectivity index is 1.51. The number of hydrogen-bond acceptors (Lipinski definition) is 2. The number of fused-ring (bicyclic) bond motifs is 2. The Bertz CT molecular complexity index is 658. The molecule has 0 unspecified atom stereocenters. The Morgan fingerprint density at radius 1 is 1.08 bits per heavy atom. The van der Waals surface area contributed by atoms with Crippen molar-refractivity contribution in [1.29, 1.82) is 0 Å². The summed E-state index contributed by atoms with van der Waals surface area (Å²) in [6.07, 6.45) is 11.6. The first-order valence-corrected chi connectivity index (χ1v) is 10.4. The van der Waals surface area contributed by atoms with E-state index in [0.29, 0.717) is 0 Å². The van der Waals surface area contributed by atoms with Gasteiger partial charge >= 0.3 is 0 Å². The van der Waals surface area contributed by atoms with Crippen LogP contribution in [0.15, 0.2) is 18.2 Å². The summed E-state index contributed by atoms with van der Waals surface area (Å²) >= 11 is 0. The second kappa shape index (κ2) is 7.30. The average molecular weight is 359 g/mol. The van der Waals surface area contributed by atoms with Crippen molar-refractivity contribution in [2.75, 3.05) is 24.5 Å². The van der Waals surface area contributed by atoms with Gasteiger partial charge in [0.2, 0.25) is 5.91 Å². The number of hydrogen-bond donors (Lipinski definition) is 0. The largest absolute Gasteiger partial charge is 0.311 e. The van der Waals surface area contributed by atoms with Gasteiger partial charge in [-0.1, -0.05) is 32.1 Å². The minimum Gasteiger partial charge on any atom is -0.311 e. The van der Waals surface area contributed by atoms with Crippen LogP contribution in [0.2, 0.25) is 0 Å². The predicted molar refractivity (Wildman–Crippen MR) is 103 cm³/mol. The zero-order valence-corrected chi connectivity index (χ0v) is 16.0. The lowest BCUT2D eigenvalue weighted by molar-refractivity contribution is -0.116. The van der Waals surface area contributed by atoms with Gasteiger partial charge in [0.1, 0.15) is 5.82 Å². The van der Waals surface area contributed by atoms with E-state index in [0.717, 1.165) is 49.8 Å². The first-order chi connectivity index (χ1) is 12.6. The van der Waals surface area contributed by atoms with Crippen LogP contribution in [0, 0.1) is 5.82 Å². The van der Waals surface area contributed by atoms with Gasteiger partial charge in [-0.2, -0.15) is 0 Å². The molecule has 3 nitrogen and oxygen atoms in total. The van der Waals surface area contributed by atoms with Crippen molar-refractivity contribution in [2.45, 2.75) is 76.2 Å². The maximum Gasteiger partial charge on any atom is 0.223 e. The summed E-state index contributed by atoms with van der Waals surface area (Å²) in [5.74, 6) is -0.117. The number of rotatable bonds is 1. The lowest BCUT2D eigenvalue weighted by atomic mass is 9.73. The fourth-order valence-corrected chi connectivity index (χ4v) is 5.47. The molecule has 2 fully saturated rings. The van der Waals surface area contributed by atoms with Gasteiger partial charge in [-0.3, -0.25) is 4.79 Å². The fraction of sp³-hybridized carbons (Fsp3) is 0.682. The van der Waals surface area contributed by atoms with E-state index in [9.17, 15) is 9.18 Å². The number of amides is 1. The number of benzene rings is 1. The number of carbonyl (C=O) groups excluding carboxylic acids is 1. The van der Waals surface area contributed by atoms with E-state index < -0.39 is 0 Å². The van der Waals surface area contributed by atoms with E-state index in [4.69, 9.17) is 0 Å². The Kier molecular flexibility index (Phi) is 5.05. The fourth-order valence-electron chi connectivity index (χ4n) is 5.47. The van der Waals surface area contributed by atoms with Gasteiger partial charge in [-0.15, -0.1) is 0 Å². The van der Waals surface area contributed by atoms with Crippen LogP contribution in [0.25, 0.3) is 0 Å². The van der Waals surface area contributed by atoms with Gasteiger partial charge < -0.3 is 9.80 Å². The Morgan fingerprint density at radius 2 is 1.73 bits per heavy atom. The molecule has 26 heavy (non-hydrogen) atoms. The summed E-state index contributed by atoms with van der Waals surface area (Å²) in [4.78, 5) is 16.7. The summed E-state index contributed by atoms with van der Waals surface area (Å²) in [6, 6.07) is 5.69. The van der Waals surface area contributed by atoms with Gasteiger partial charge in [0.05, 0.1) is 0 Å². The molecule has 0 atom stereocenters. The van der Waals surface area contributed by atoms with Gasteiger partial charge in [0.25, 0.3) is 0 Å². The minimum atomic E-state index is -0.184. The lowest BCUT2D eigenvalue weighted by Gasteiger charge is -2.43. The summed E-state index contributed by atoms with van der Waals surface area (Å²) in [7, 11) is 0. The van der Waals surface area contributed by atoms with Crippen LogP contribution >= 0.6 is 0 Å². The van der Waals surface area contributed by atoms with Crippen LogP contribution in [0.4, 0.5) is 10.1 Å². The first kappa shape index (κ1) is 18.0. The zero-order valence-electron chi connectivity index (χ0n) is 16.0. The highest BCUT2D eigenvalue weighted by Gasteiger charge is 2.46. The number of carbonyl (C=O) groups is 1. The van der Waals surface area contributed by atoms with Gasteiger partial charge in [0.15, 0.2) is 0 Å². The molecular weight excluding hydrogens is 327 g/mol. The second-order valence-corrected chi connectivity index (χ2v) is 8.58. The molecule has 4 rings (SSSR count). The summed E-state index contributed by atoms with van der Waals surface area (Å²) in [5.41, 5.74) is 1.93. The molecule has 3 aliphatic rings. The van der Waals surface area contributed by atoms with Crippen molar-refractivity contribution < 1.29 is 9.18 Å². The first-order valence-electron chi connectivity index (χ1n) is 10.4. The smallest absolute Gasteiger partial charge is 0.223 e. The average Bonchev–Trinajstić information content (AvgIpc) is 2.90. The Hall–Kier alpha value is -1.42. The second-order valence-electron chi connectivity index (χ2n) is 8.58. The Morgan fingerprint density at radius 3 is 2.38 bits per heavy atom. The molecule has 2 aliphatic heterocycles. The highest BCUT2D eigenvalue weighted by molar-refractivity contribution is 5.94. The maximum absolute atomic E-state index is 14.0. The molecule has 4 heteroatoms. The molecule has 1 saturated heterocycles. The standard InChI is InChI=1S/C22H31FN2O/c1-17(26)25-16-22(20-15-18(23)9-10-21(20)25)11-13-24(14-12-22)19-7-5-3-2-4-6-8-19/h9-10,15,19H,2-8,11-14,16H2,1H3. The van der Waals surface area contributed by atoms with Crippen molar-refractivity contribution in [1.82, 2.24) is 4.90 Å². The van der Waals surface area contributed by atoms with Crippen molar-refractivity contribution in [3.05, 3.63) is 29.6 Å². The summed E-state index contributed by atoms with van der Waals surface area (Å²) in [5, 5.41) is 0. The number of nitrogens with zero attached hydrogens (tertiary/aromatic N) is 2. The normalized spacial score (nSPS) is 24.3. The molecule has 1 spiro atoms. The van der Waals surface area contributed by atoms with E-state index in [1.54, 1.807) is 19.1 Å². The van der Waals surface area contributed by atoms with Crippen LogP contribution in [-0.4, -0.2) is 36.5 Å². The number of anilines is 1. The van der Waals surface area contributed by atoms with Crippen LogP contribution in [0.3, 0.4) is 0 Å².